The molecule has 1 aliphatic rings. The molecule has 0 saturated carbocycles. The molecule has 2 atom stereocenters. The van der Waals surface area contributed by atoms with Crippen LogP contribution < -0.4 is 5.32 Å². The van der Waals surface area contributed by atoms with Gasteiger partial charge in [-0.05, 0) is 30.5 Å². The number of nitrogens with one attached hydrogen (secondary N) is 1. The van der Waals surface area contributed by atoms with Gasteiger partial charge in [-0.25, -0.2) is 13.2 Å². The average Bonchev–Trinajstić information content (AvgIpc) is 2.34. The minimum atomic E-state index is -1.18. The van der Waals surface area contributed by atoms with E-state index in [1.54, 1.807) is 0 Å². The van der Waals surface area contributed by atoms with Crippen molar-refractivity contribution in [2.45, 2.75) is 12.3 Å². The zero-order valence-electron chi connectivity index (χ0n) is 9.22. The first-order chi connectivity index (χ1) is 8.13. The van der Waals surface area contributed by atoms with E-state index < -0.39 is 17.5 Å². The fourth-order valence-electron chi connectivity index (χ4n) is 2.35. The normalized spacial score (nSPS) is 24.9. The lowest BCUT2D eigenvalue weighted by atomic mass is 9.81. The van der Waals surface area contributed by atoms with E-state index in [0.717, 1.165) is 6.07 Å². The monoisotopic (exact) mass is 245 g/mol. The van der Waals surface area contributed by atoms with Gasteiger partial charge >= 0.3 is 0 Å². The highest BCUT2D eigenvalue weighted by molar-refractivity contribution is 5.25. The van der Waals surface area contributed by atoms with Gasteiger partial charge < -0.3 is 10.4 Å². The summed E-state index contributed by atoms with van der Waals surface area (Å²) in [5.41, 5.74) is 0.157. The molecule has 1 fully saturated rings. The number of hydrogen-bond acceptors (Lipinski definition) is 2. The molecule has 0 aromatic heterocycles. The molecule has 5 heteroatoms. The molecule has 94 valence electrons. The van der Waals surface area contributed by atoms with Crippen LogP contribution in [0.1, 0.15) is 17.9 Å². The molecule has 1 saturated heterocycles. The summed E-state index contributed by atoms with van der Waals surface area (Å²) in [6.45, 7) is 1.13. The zero-order chi connectivity index (χ0) is 12.4. The van der Waals surface area contributed by atoms with E-state index in [2.05, 4.69) is 5.32 Å². The maximum atomic E-state index is 13.6. The molecule has 0 radical (unpaired) electrons. The quantitative estimate of drug-likeness (QED) is 0.779. The van der Waals surface area contributed by atoms with Crippen LogP contribution in [0, 0.1) is 23.4 Å². The molecule has 0 spiro atoms. The molecule has 0 unspecified atom stereocenters. The van der Waals surface area contributed by atoms with Crippen LogP contribution in [0.5, 0.6) is 0 Å². The first kappa shape index (κ1) is 12.4. The van der Waals surface area contributed by atoms with Crippen molar-refractivity contribution in [2.75, 3.05) is 19.7 Å². The molecule has 1 aromatic rings. The third-order valence-electron chi connectivity index (χ3n) is 3.28. The van der Waals surface area contributed by atoms with Crippen molar-refractivity contribution in [3.8, 4) is 0 Å². The standard InChI is InChI=1S/C12H14F3NO/c13-10-4-12(15)11(14)3-9(10)8-1-2-16-5-7(8)6-17/h3-4,7-8,16-17H,1-2,5-6H2/t7-,8+/m1/s1. The van der Waals surface area contributed by atoms with Crippen LogP contribution in [-0.4, -0.2) is 24.8 Å². The molecular formula is C12H14F3NO. The summed E-state index contributed by atoms with van der Waals surface area (Å²) in [5, 5.41) is 12.3. The van der Waals surface area contributed by atoms with Crippen LogP contribution in [0.3, 0.4) is 0 Å². The summed E-state index contributed by atoms with van der Waals surface area (Å²) in [5.74, 6) is -3.40. The van der Waals surface area contributed by atoms with Gasteiger partial charge in [0, 0.05) is 25.1 Å². The Hall–Kier alpha value is -1.07. The summed E-state index contributed by atoms with van der Waals surface area (Å²) < 4.78 is 39.6. The molecule has 0 aliphatic carbocycles. The summed E-state index contributed by atoms with van der Waals surface area (Å²) in [7, 11) is 0. The summed E-state index contributed by atoms with van der Waals surface area (Å²) in [6, 6.07) is 1.48. The molecule has 1 aliphatic heterocycles. The van der Waals surface area contributed by atoms with Crippen molar-refractivity contribution in [2.24, 2.45) is 5.92 Å². The molecule has 0 bridgehead atoms. The Labute approximate surface area is 97.5 Å². The van der Waals surface area contributed by atoms with Gasteiger partial charge in [0.1, 0.15) is 5.82 Å². The maximum Gasteiger partial charge on any atom is 0.161 e. The summed E-state index contributed by atoms with van der Waals surface area (Å²) in [6.07, 6.45) is 0.604. The number of halogens is 3. The Bertz CT molecular complexity index is 411. The smallest absolute Gasteiger partial charge is 0.161 e. The first-order valence-corrected chi connectivity index (χ1v) is 5.59. The highest BCUT2D eigenvalue weighted by Gasteiger charge is 2.28. The second-order valence-corrected chi connectivity index (χ2v) is 4.33. The van der Waals surface area contributed by atoms with Crippen LogP contribution in [0.15, 0.2) is 12.1 Å². The Morgan fingerprint density at radius 1 is 1.18 bits per heavy atom. The third-order valence-corrected chi connectivity index (χ3v) is 3.28. The maximum absolute atomic E-state index is 13.6. The molecule has 0 amide bonds. The molecule has 1 aromatic carbocycles. The predicted octanol–water partition coefficient (Wildman–Crippen LogP) is 1.79. The molecular weight excluding hydrogens is 231 g/mol. The van der Waals surface area contributed by atoms with E-state index in [0.29, 0.717) is 25.6 Å². The van der Waals surface area contributed by atoms with Crippen molar-refractivity contribution >= 4 is 0 Å². The van der Waals surface area contributed by atoms with Gasteiger partial charge in [-0.1, -0.05) is 0 Å². The molecule has 2 N–H and O–H groups in total. The molecule has 17 heavy (non-hydrogen) atoms. The highest BCUT2D eigenvalue weighted by atomic mass is 19.2. The predicted molar refractivity (Wildman–Crippen MR) is 57.1 cm³/mol. The van der Waals surface area contributed by atoms with Crippen molar-refractivity contribution in [1.82, 2.24) is 5.32 Å². The van der Waals surface area contributed by atoms with Gasteiger partial charge in [-0.2, -0.15) is 0 Å². The number of aliphatic hydroxyl groups excluding tert-OH is 1. The van der Waals surface area contributed by atoms with Crippen molar-refractivity contribution in [1.29, 1.82) is 0 Å². The Balaban J connectivity index is 2.34. The van der Waals surface area contributed by atoms with E-state index in [4.69, 9.17) is 0 Å². The number of benzene rings is 1. The van der Waals surface area contributed by atoms with Crippen LogP contribution >= 0.6 is 0 Å². The number of piperidine rings is 1. The topological polar surface area (TPSA) is 32.3 Å². The third kappa shape index (κ3) is 2.45. The second kappa shape index (κ2) is 5.06. The first-order valence-electron chi connectivity index (χ1n) is 5.59. The van der Waals surface area contributed by atoms with Gasteiger partial charge in [0.15, 0.2) is 11.6 Å². The highest BCUT2D eigenvalue weighted by Crippen LogP contribution is 2.32. The largest absolute Gasteiger partial charge is 0.396 e. The lowest BCUT2D eigenvalue weighted by Gasteiger charge is -2.31. The number of rotatable bonds is 2. The minimum absolute atomic E-state index is 0.101. The van der Waals surface area contributed by atoms with E-state index >= 15 is 0 Å². The second-order valence-electron chi connectivity index (χ2n) is 4.33. The molecule has 2 rings (SSSR count). The Morgan fingerprint density at radius 2 is 1.88 bits per heavy atom. The van der Waals surface area contributed by atoms with Crippen LogP contribution in [0.25, 0.3) is 0 Å². The van der Waals surface area contributed by atoms with Gasteiger partial charge in [0.05, 0.1) is 0 Å². The van der Waals surface area contributed by atoms with Crippen LogP contribution in [0.4, 0.5) is 13.2 Å². The lowest BCUT2D eigenvalue weighted by molar-refractivity contribution is 0.177. The van der Waals surface area contributed by atoms with E-state index in [9.17, 15) is 18.3 Å². The summed E-state index contributed by atoms with van der Waals surface area (Å²) >= 11 is 0. The van der Waals surface area contributed by atoms with Gasteiger partial charge in [0.25, 0.3) is 0 Å². The number of aliphatic hydroxyl groups is 1. The van der Waals surface area contributed by atoms with Crippen molar-refractivity contribution < 1.29 is 18.3 Å². The van der Waals surface area contributed by atoms with Gasteiger partial charge in [0.2, 0.25) is 0 Å². The van der Waals surface area contributed by atoms with Crippen LogP contribution in [-0.2, 0) is 0 Å². The Morgan fingerprint density at radius 3 is 2.59 bits per heavy atom. The van der Waals surface area contributed by atoms with Crippen molar-refractivity contribution in [3.05, 3.63) is 35.1 Å². The average molecular weight is 245 g/mol. The van der Waals surface area contributed by atoms with Gasteiger partial charge in [-0.3, -0.25) is 0 Å². The fourth-order valence-corrected chi connectivity index (χ4v) is 2.35. The fraction of sp³-hybridized carbons (Fsp3) is 0.500. The van der Waals surface area contributed by atoms with Crippen LogP contribution in [0.2, 0.25) is 0 Å². The summed E-state index contributed by atoms with van der Waals surface area (Å²) in [4.78, 5) is 0. The Kier molecular flexibility index (Phi) is 3.69. The molecule has 1 heterocycles. The van der Waals surface area contributed by atoms with Crippen molar-refractivity contribution in [3.63, 3.8) is 0 Å². The minimum Gasteiger partial charge on any atom is -0.396 e. The zero-order valence-corrected chi connectivity index (χ0v) is 9.22. The molecule has 2 nitrogen and oxygen atoms in total. The van der Waals surface area contributed by atoms with E-state index in [1.165, 1.54) is 0 Å². The number of hydrogen-bond donors (Lipinski definition) is 2. The SMILES string of the molecule is OC[C@H]1CNCC[C@@H]1c1cc(F)c(F)cc1F. The van der Waals surface area contributed by atoms with E-state index in [1.807, 2.05) is 0 Å². The lowest BCUT2D eigenvalue weighted by Crippen LogP contribution is -2.37. The van der Waals surface area contributed by atoms with E-state index in [-0.39, 0.29) is 24.0 Å². The van der Waals surface area contributed by atoms with Gasteiger partial charge in [-0.15, -0.1) is 0 Å².